The molecule has 0 atom stereocenters. The van der Waals surface area contributed by atoms with E-state index in [2.05, 4.69) is 35.3 Å². The van der Waals surface area contributed by atoms with Crippen LogP contribution in [0.4, 0.5) is 11.8 Å². The molecular weight excluding hydrogens is 294 g/mol. The lowest BCUT2D eigenvalue weighted by molar-refractivity contribution is 0.925. The Bertz CT molecular complexity index is 957. The molecule has 1 N–H and O–H groups in total. The molecule has 10 heteroatoms. The topological polar surface area (TPSA) is 98.7 Å². The molecule has 0 saturated carbocycles. The first-order valence-corrected chi connectivity index (χ1v) is 6.36. The van der Waals surface area contributed by atoms with Gasteiger partial charge in [-0.15, -0.1) is 0 Å². The fourth-order valence-electron chi connectivity index (χ4n) is 2.02. The average Bonchev–Trinajstić information content (AvgIpc) is 3.07. The molecule has 0 saturated heterocycles. The Kier molecular flexibility index (Phi) is 2.48. The molecule has 4 aromatic rings. The van der Waals surface area contributed by atoms with Crippen molar-refractivity contribution >= 4 is 40.2 Å². The lowest BCUT2D eigenvalue weighted by Crippen LogP contribution is -2.05. The molecule has 0 spiro atoms. The summed E-state index contributed by atoms with van der Waals surface area (Å²) in [5, 5.41) is 7.29. The first-order valence-electron chi connectivity index (χ1n) is 5.99. The predicted molar refractivity (Wildman–Crippen MR) is 75.4 cm³/mol. The number of rotatable bonds is 2. The zero-order chi connectivity index (χ0) is 14.4. The Morgan fingerprint density at radius 2 is 2.10 bits per heavy atom. The molecule has 9 nitrogen and oxygen atoms in total. The molecule has 0 amide bonds. The maximum absolute atomic E-state index is 5.96. The highest BCUT2D eigenvalue weighted by Gasteiger charge is 2.13. The van der Waals surface area contributed by atoms with Crippen molar-refractivity contribution in [3.63, 3.8) is 0 Å². The van der Waals surface area contributed by atoms with Gasteiger partial charge in [-0.25, -0.2) is 15.0 Å². The number of imidazole rings is 1. The fourth-order valence-corrected chi connectivity index (χ4v) is 2.18. The minimum Gasteiger partial charge on any atom is -0.318 e. The molecule has 0 aliphatic carbocycles. The molecule has 104 valence electrons. The number of nitrogens with one attached hydrogen (secondary N) is 1. The van der Waals surface area contributed by atoms with Gasteiger partial charge in [-0.05, 0) is 11.6 Å². The molecule has 4 heterocycles. The number of hydrogen-bond donors (Lipinski definition) is 1. The molecule has 0 radical (unpaired) electrons. The van der Waals surface area contributed by atoms with Crippen molar-refractivity contribution in [2.45, 2.75) is 0 Å². The van der Waals surface area contributed by atoms with Gasteiger partial charge in [0, 0.05) is 19.3 Å². The summed E-state index contributed by atoms with van der Waals surface area (Å²) in [5.74, 6) is 0.924. The van der Waals surface area contributed by atoms with Crippen LogP contribution in [0.15, 0.2) is 24.9 Å². The Hall–Kier alpha value is -2.81. The van der Waals surface area contributed by atoms with Crippen LogP contribution in [0, 0.1) is 0 Å². The average molecular weight is 302 g/mol. The van der Waals surface area contributed by atoms with Crippen molar-refractivity contribution in [1.29, 1.82) is 0 Å². The van der Waals surface area contributed by atoms with E-state index >= 15 is 0 Å². The number of anilines is 2. The fraction of sp³-hybridized carbons (Fsp3) is 0.0909. The van der Waals surface area contributed by atoms with E-state index in [4.69, 9.17) is 11.6 Å². The number of aromatic nitrogens is 8. The van der Waals surface area contributed by atoms with Crippen molar-refractivity contribution in [1.82, 2.24) is 39.1 Å². The summed E-state index contributed by atoms with van der Waals surface area (Å²) < 4.78 is 3.32. The van der Waals surface area contributed by atoms with Crippen molar-refractivity contribution in [2.75, 3.05) is 5.32 Å². The lowest BCUT2D eigenvalue weighted by atomic mass is 10.5. The predicted octanol–water partition coefficient (Wildman–Crippen LogP) is 1.20. The monoisotopic (exact) mass is 301 g/mol. The summed E-state index contributed by atoms with van der Waals surface area (Å²) in [6.45, 7) is 0. The van der Waals surface area contributed by atoms with E-state index in [0.29, 0.717) is 28.6 Å². The smallest absolute Gasteiger partial charge is 0.231 e. The molecule has 0 aromatic carbocycles. The summed E-state index contributed by atoms with van der Waals surface area (Å²) in [4.78, 5) is 20.9. The van der Waals surface area contributed by atoms with E-state index in [1.54, 1.807) is 27.7 Å². The van der Waals surface area contributed by atoms with Crippen LogP contribution in [0.5, 0.6) is 0 Å². The van der Waals surface area contributed by atoms with Crippen LogP contribution in [0.1, 0.15) is 0 Å². The van der Waals surface area contributed by atoms with Crippen LogP contribution in [0.2, 0.25) is 5.28 Å². The van der Waals surface area contributed by atoms with Crippen LogP contribution in [0.25, 0.3) is 16.8 Å². The Balaban J connectivity index is 1.89. The summed E-state index contributed by atoms with van der Waals surface area (Å²) in [6, 6.07) is 1.75. The van der Waals surface area contributed by atoms with Crippen molar-refractivity contribution in [3.05, 3.63) is 30.2 Å². The minimum absolute atomic E-state index is 0.124. The maximum atomic E-state index is 5.96. The van der Waals surface area contributed by atoms with Crippen LogP contribution in [-0.4, -0.2) is 39.1 Å². The third kappa shape index (κ3) is 1.86. The Morgan fingerprint density at radius 1 is 1.19 bits per heavy atom. The summed E-state index contributed by atoms with van der Waals surface area (Å²) in [6.07, 6.45) is 4.72. The standard InChI is InChI=1S/C11H8ClN9/c1-20-5-15-7-8(17-10(12)19-9(7)20)18-11-13-3-2-6-14-4-16-21(6)11/h2-5H,1H3,(H,13,17,18,19). The highest BCUT2D eigenvalue weighted by molar-refractivity contribution is 6.28. The van der Waals surface area contributed by atoms with Crippen molar-refractivity contribution in [3.8, 4) is 0 Å². The molecule has 0 aliphatic heterocycles. The minimum atomic E-state index is 0.124. The van der Waals surface area contributed by atoms with Gasteiger partial charge in [0.2, 0.25) is 11.2 Å². The number of hydrogen-bond acceptors (Lipinski definition) is 7. The summed E-state index contributed by atoms with van der Waals surface area (Å²) >= 11 is 5.96. The van der Waals surface area contributed by atoms with Crippen molar-refractivity contribution in [2.24, 2.45) is 7.05 Å². The summed E-state index contributed by atoms with van der Waals surface area (Å²) in [5.41, 5.74) is 1.90. The molecule has 0 bridgehead atoms. The van der Waals surface area contributed by atoms with Gasteiger partial charge in [0.1, 0.15) is 6.33 Å². The Labute approximate surface area is 122 Å². The van der Waals surface area contributed by atoms with Gasteiger partial charge in [-0.1, -0.05) is 0 Å². The van der Waals surface area contributed by atoms with Gasteiger partial charge in [-0.2, -0.15) is 19.6 Å². The molecule has 0 fully saturated rings. The second kappa shape index (κ2) is 4.35. The number of fused-ring (bicyclic) bond motifs is 2. The Morgan fingerprint density at radius 3 is 3.00 bits per heavy atom. The first-order chi connectivity index (χ1) is 10.2. The molecule has 4 rings (SSSR count). The molecule has 0 aliphatic rings. The van der Waals surface area contributed by atoms with Gasteiger partial charge in [-0.3, -0.25) is 0 Å². The van der Waals surface area contributed by atoms with Gasteiger partial charge < -0.3 is 9.88 Å². The van der Waals surface area contributed by atoms with Crippen LogP contribution < -0.4 is 5.32 Å². The second-order valence-electron chi connectivity index (χ2n) is 4.29. The van der Waals surface area contributed by atoms with E-state index in [1.165, 1.54) is 6.33 Å². The third-order valence-corrected chi connectivity index (χ3v) is 3.13. The van der Waals surface area contributed by atoms with E-state index < -0.39 is 0 Å². The molecular formula is C11H8ClN9. The van der Waals surface area contributed by atoms with Crippen LogP contribution >= 0.6 is 11.6 Å². The molecule has 0 unspecified atom stereocenters. The normalized spacial score (nSPS) is 11.3. The quantitative estimate of drug-likeness (QED) is 0.555. The van der Waals surface area contributed by atoms with Gasteiger partial charge in [0.15, 0.2) is 22.6 Å². The molecule has 4 aromatic heterocycles. The first kappa shape index (κ1) is 12.0. The van der Waals surface area contributed by atoms with E-state index in [9.17, 15) is 0 Å². The SMILES string of the molecule is Cn1cnc2c(Nc3nccc4ncnn34)nc(Cl)nc21. The van der Waals surface area contributed by atoms with E-state index in [1.807, 2.05) is 7.05 Å². The van der Waals surface area contributed by atoms with E-state index in [0.717, 1.165) is 0 Å². The third-order valence-electron chi connectivity index (χ3n) is 2.96. The zero-order valence-electron chi connectivity index (χ0n) is 10.8. The number of nitrogens with zero attached hydrogens (tertiary/aromatic N) is 8. The molecule has 21 heavy (non-hydrogen) atoms. The maximum Gasteiger partial charge on any atom is 0.231 e. The highest BCUT2D eigenvalue weighted by atomic mass is 35.5. The lowest BCUT2D eigenvalue weighted by Gasteiger charge is -2.06. The number of halogens is 1. The van der Waals surface area contributed by atoms with Crippen LogP contribution in [-0.2, 0) is 7.05 Å². The highest BCUT2D eigenvalue weighted by Crippen LogP contribution is 2.22. The second-order valence-corrected chi connectivity index (χ2v) is 4.63. The van der Waals surface area contributed by atoms with Gasteiger partial charge in [0.05, 0.1) is 6.33 Å². The zero-order valence-corrected chi connectivity index (χ0v) is 11.5. The van der Waals surface area contributed by atoms with Gasteiger partial charge in [0.25, 0.3) is 0 Å². The van der Waals surface area contributed by atoms with Crippen molar-refractivity contribution < 1.29 is 0 Å². The van der Waals surface area contributed by atoms with Crippen LogP contribution in [0.3, 0.4) is 0 Å². The number of aryl methyl sites for hydroxylation is 1. The summed E-state index contributed by atoms with van der Waals surface area (Å²) in [7, 11) is 1.83. The van der Waals surface area contributed by atoms with Gasteiger partial charge >= 0.3 is 0 Å². The largest absolute Gasteiger partial charge is 0.318 e. The van der Waals surface area contributed by atoms with E-state index in [-0.39, 0.29) is 5.28 Å².